The van der Waals surface area contributed by atoms with E-state index in [1.54, 1.807) is 42.7 Å². The van der Waals surface area contributed by atoms with Gasteiger partial charge in [0.05, 0.1) is 98.3 Å². The minimum absolute atomic E-state index is 0.0177. The summed E-state index contributed by atoms with van der Waals surface area (Å²) in [6, 6.07) is 49.7. The number of pyridine rings is 6. The van der Waals surface area contributed by atoms with Gasteiger partial charge in [-0.3, -0.25) is 29.3 Å². The van der Waals surface area contributed by atoms with Gasteiger partial charge in [0, 0.05) is 116 Å². The molecule has 145 heavy (non-hydrogen) atoms. The largest absolute Gasteiger partial charge is 0.493 e. The van der Waals surface area contributed by atoms with E-state index in [1.165, 1.54) is 29.8 Å². The second-order valence-electron chi connectivity index (χ2n) is 41.2. The topological polar surface area (TPSA) is 244 Å². The Hall–Kier alpha value is -13.1. The van der Waals surface area contributed by atoms with E-state index in [9.17, 15) is 59.0 Å². The molecule has 9 heterocycles. The Balaban J connectivity index is 0.000000155. The molecule has 0 fully saturated rings. The first-order chi connectivity index (χ1) is 68.3. The Morgan fingerprint density at radius 2 is 0.752 bits per heavy atom. The van der Waals surface area contributed by atoms with Crippen molar-refractivity contribution in [2.75, 3.05) is 39.6 Å². The van der Waals surface area contributed by atoms with Crippen LogP contribution in [0.3, 0.4) is 0 Å². The summed E-state index contributed by atoms with van der Waals surface area (Å²) in [5.41, 5.74) is 14.3. The number of aliphatic hydroxyl groups excluding tert-OH is 1. The van der Waals surface area contributed by atoms with Gasteiger partial charge in [-0.15, -0.1) is 0 Å². The number of nitrogens with zero attached hydrogens (tertiary/aromatic N) is 5. The average molecular weight is 2060 g/mol. The van der Waals surface area contributed by atoms with Gasteiger partial charge < -0.3 is 57.5 Å². The molecule has 0 radical (unpaired) electrons. The Labute approximate surface area is 843 Å². The van der Waals surface area contributed by atoms with Gasteiger partial charge in [0.25, 0.3) is 0 Å². The summed E-state index contributed by atoms with van der Waals surface area (Å²) in [6.45, 7) is 36.0. The van der Waals surface area contributed by atoms with E-state index < -0.39 is 81.2 Å². The van der Waals surface area contributed by atoms with Crippen LogP contribution in [0.1, 0.15) is 206 Å². The predicted molar refractivity (Wildman–Crippen MR) is 546 cm³/mol. The van der Waals surface area contributed by atoms with Crippen LogP contribution in [0.4, 0.5) is 39.5 Å². The lowest BCUT2D eigenvalue weighted by Gasteiger charge is -2.31. The van der Waals surface area contributed by atoms with Crippen molar-refractivity contribution >= 4 is 93.3 Å². The van der Waals surface area contributed by atoms with Crippen molar-refractivity contribution in [2.45, 2.75) is 216 Å². The molecule has 0 saturated carbocycles. The van der Waals surface area contributed by atoms with E-state index in [0.717, 1.165) is 205 Å². The quantitative estimate of drug-likeness (QED) is 0.0386. The third-order valence-electron chi connectivity index (χ3n) is 24.5. The number of ether oxygens (including phenoxy) is 10. The molecular formula is C115H116BrF9N6O14. The number of hydrogen-bond acceptors (Lipinski definition) is 19. The molecule has 18 rings (SSSR count). The number of alkyl halides is 10. The van der Waals surface area contributed by atoms with Gasteiger partial charge >= 0.3 is 30.5 Å². The molecule has 0 aliphatic carbocycles. The number of benzene rings is 9. The van der Waals surface area contributed by atoms with Gasteiger partial charge in [-0.2, -0.15) is 39.5 Å². The highest BCUT2D eigenvalue weighted by atomic mass is 79.9. The fraction of sp³-hybridized carbons (Fsp3) is 0.357. The standard InChI is InChI=1S/C40H41F3N2O5.C35H33F3N2O4.C32H36N2O5.C8H6BrF3/c1-23-19-29-27(12-14-32(45-29)48-21-24-9-8-10-26(20-24)40(41,42)43)35(28-11-13-30-34-25(16-18-47-30)15-17-44-36(28)34)33(23)31(50-39(5,6)7)22-49-37(46)38(2,3)4;1-20-16-26-24(9-11-29(40-26)43-19-21-6-5-7-23(17-21)35(36,37)38)32(30(20)28(18-41)44-34(2,3)4)25-8-10-27-31-22(13-15-42-27)12-14-39-33(25)31;1-18-16-22-20(9-11-25(35)34-22)28(21-8-10-23-27-19(13-15-37-23)12-14-33-29(21)27)26(18)24(39-32(5,6)7)17-38-30(36)31(2,3)4;9-5-6-2-1-3-7(4-6)8(10,11)12/h8-15,17,19-20,31H,16,18,21-22H2,1-7H3;5-12,14,16-17,28,41H,13,15,18-19H2,1-4H3;8-12,14,16,24H,13,15,17H2,1-7H3,(H,34,35);1-4H,5H2/t31-;28-;24-;/m111./s1. The van der Waals surface area contributed by atoms with Crippen molar-refractivity contribution in [3.05, 3.63) is 294 Å². The van der Waals surface area contributed by atoms with Crippen LogP contribution in [0.2, 0.25) is 0 Å². The van der Waals surface area contributed by atoms with Crippen molar-refractivity contribution in [3.8, 4) is 62.4 Å². The third kappa shape index (κ3) is 24.8. The molecule has 760 valence electrons. The van der Waals surface area contributed by atoms with E-state index in [1.807, 2.05) is 222 Å². The zero-order valence-electron chi connectivity index (χ0n) is 84.0. The van der Waals surface area contributed by atoms with Gasteiger partial charge in [-0.25, -0.2) is 9.97 Å². The maximum absolute atomic E-state index is 13.3. The smallest absolute Gasteiger partial charge is 0.416 e. The first kappa shape index (κ1) is 106. The number of fused-ring (bicyclic) bond motifs is 3. The molecule has 0 amide bonds. The van der Waals surface area contributed by atoms with Crippen molar-refractivity contribution in [3.63, 3.8) is 0 Å². The van der Waals surface area contributed by atoms with Crippen molar-refractivity contribution < 1.29 is 102 Å². The van der Waals surface area contributed by atoms with Crippen LogP contribution < -0.4 is 29.2 Å². The molecular weight excluding hydrogens is 1940 g/mol. The Bertz CT molecular complexity index is 7430. The first-order valence-electron chi connectivity index (χ1n) is 47.7. The van der Waals surface area contributed by atoms with Crippen LogP contribution in [0, 0.1) is 31.6 Å². The molecule has 15 aromatic rings. The van der Waals surface area contributed by atoms with Crippen molar-refractivity contribution in [2.24, 2.45) is 10.8 Å². The Morgan fingerprint density at radius 3 is 1.10 bits per heavy atom. The highest BCUT2D eigenvalue weighted by Gasteiger charge is 2.39. The van der Waals surface area contributed by atoms with Gasteiger partial charge in [0.15, 0.2) is 0 Å². The number of carbonyl (C=O) groups is 2. The molecule has 0 spiro atoms. The summed E-state index contributed by atoms with van der Waals surface area (Å²) in [6.07, 6.45) is -7.19. The number of nitrogens with one attached hydrogen (secondary N) is 1. The number of hydrogen-bond donors (Lipinski definition) is 2. The minimum atomic E-state index is -4.45. The first-order valence-corrected chi connectivity index (χ1v) is 48.9. The molecule has 6 aromatic heterocycles. The highest BCUT2D eigenvalue weighted by Crippen LogP contribution is 2.51. The van der Waals surface area contributed by atoms with Crippen LogP contribution >= 0.6 is 15.9 Å². The van der Waals surface area contributed by atoms with Crippen LogP contribution in [0.25, 0.3) is 98.8 Å². The van der Waals surface area contributed by atoms with Crippen LogP contribution in [0.15, 0.2) is 205 Å². The molecule has 3 atom stereocenters. The summed E-state index contributed by atoms with van der Waals surface area (Å²) < 4.78 is 177. The monoisotopic (exact) mass is 2050 g/mol. The van der Waals surface area contributed by atoms with Gasteiger partial charge in [-0.05, 0) is 329 Å². The van der Waals surface area contributed by atoms with Gasteiger partial charge in [-0.1, -0.05) is 58.4 Å². The number of aliphatic hydroxyl groups is 1. The average Bonchev–Trinajstić information content (AvgIpc) is 0.753. The number of esters is 2. The number of H-pyrrole nitrogens is 1. The summed E-state index contributed by atoms with van der Waals surface area (Å²) in [5.74, 6) is 2.27. The molecule has 0 unspecified atom stereocenters. The lowest BCUT2D eigenvalue weighted by molar-refractivity contribution is -0.162. The maximum atomic E-state index is 13.3. The van der Waals surface area contributed by atoms with Crippen LogP contribution in [0.5, 0.6) is 29.0 Å². The zero-order chi connectivity index (χ0) is 105. The number of aromatic nitrogens is 6. The number of carbonyl (C=O) groups excluding carboxylic acids is 2. The second kappa shape index (κ2) is 42.5. The minimum Gasteiger partial charge on any atom is -0.493 e. The normalized spacial score (nSPS) is 13.9. The fourth-order valence-electron chi connectivity index (χ4n) is 18.2. The molecule has 20 nitrogen and oxygen atoms in total. The Kier molecular flexibility index (Phi) is 31.1. The summed E-state index contributed by atoms with van der Waals surface area (Å²) in [7, 11) is 0. The molecule has 0 saturated heterocycles. The Morgan fingerprint density at radius 1 is 0.414 bits per heavy atom. The van der Waals surface area contributed by atoms with Crippen molar-refractivity contribution in [1.29, 1.82) is 0 Å². The van der Waals surface area contributed by atoms with E-state index in [-0.39, 0.29) is 62.3 Å². The van der Waals surface area contributed by atoms with Crippen LogP contribution in [-0.2, 0) is 89.6 Å². The second-order valence-corrected chi connectivity index (χ2v) is 41.8. The third-order valence-corrected chi connectivity index (χ3v) is 25.1. The molecule has 3 aliphatic rings. The van der Waals surface area contributed by atoms with E-state index in [2.05, 4.69) is 20.9 Å². The summed E-state index contributed by atoms with van der Waals surface area (Å²) >= 11 is 3.09. The molecule has 3 aliphatic heterocycles. The number of rotatable bonds is 21. The number of aromatic amines is 1. The van der Waals surface area contributed by atoms with Crippen molar-refractivity contribution in [1.82, 2.24) is 29.9 Å². The lowest BCUT2D eigenvalue weighted by Crippen LogP contribution is -2.30. The summed E-state index contributed by atoms with van der Waals surface area (Å²) in [4.78, 5) is 65.1. The van der Waals surface area contributed by atoms with E-state index >= 15 is 0 Å². The molecule has 2 N–H and O–H groups in total. The lowest BCUT2D eigenvalue weighted by atomic mass is 9.86. The van der Waals surface area contributed by atoms with Gasteiger partial charge in [0.1, 0.15) is 62.0 Å². The van der Waals surface area contributed by atoms with E-state index in [4.69, 9.17) is 72.3 Å². The predicted octanol–water partition coefficient (Wildman–Crippen LogP) is 27.9. The van der Waals surface area contributed by atoms with Gasteiger partial charge in [0.2, 0.25) is 17.3 Å². The SMILES string of the molecule is Cc1cc2[nH]c(=O)ccc2c(-c2ccc3c4c(ccnc24)CCO3)c1[C@@H](COC(=O)C(C)(C)C)OC(C)(C)C.Cc1cc2nc(OCc3cccc(C(F)(F)F)c3)ccc2c(-c2ccc3c4c(ccnc24)CCO3)c1[C@@H](CO)OC(C)(C)C.Cc1cc2nc(OCc3cccc(C(F)(F)F)c3)ccc2c(-c2ccc3c4c(ccnc24)CCO3)c1[C@@H](COC(=O)C(C)(C)C)OC(C)(C)C.FC(F)(F)c1cccc(CBr)c1. The number of aryl methyl sites for hydroxylation is 3. The molecule has 30 heteroatoms. The van der Waals surface area contributed by atoms with Crippen LogP contribution in [-0.4, -0.2) is 103 Å². The van der Waals surface area contributed by atoms with E-state index in [0.29, 0.717) is 52.9 Å². The molecule has 0 bridgehead atoms. The maximum Gasteiger partial charge on any atom is 0.416 e. The fourth-order valence-corrected chi connectivity index (χ4v) is 18.6. The number of halogens is 10. The molecule has 9 aromatic carbocycles. The zero-order valence-corrected chi connectivity index (χ0v) is 85.6. The summed E-state index contributed by atoms with van der Waals surface area (Å²) in [5, 5.41) is 16.4. The highest BCUT2D eigenvalue weighted by molar-refractivity contribution is 9.08.